The van der Waals surface area contributed by atoms with Gasteiger partial charge in [-0.3, -0.25) is 0 Å². The van der Waals surface area contributed by atoms with E-state index >= 15 is 0 Å². The van der Waals surface area contributed by atoms with E-state index in [-0.39, 0.29) is 17.7 Å². The molecule has 1 aromatic heterocycles. The number of unbranched alkanes of at least 4 members (excludes halogenated alkanes) is 1. The lowest BCUT2D eigenvalue weighted by atomic mass is 10.2. The van der Waals surface area contributed by atoms with Gasteiger partial charge in [0.2, 0.25) is 0 Å². The second kappa shape index (κ2) is 7.34. The molecule has 0 aromatic carbocycles. The SMILES string of the molecule is CCCCOC(=O)C(C#N)=Cc1cc(C(=O)O)cs1. The van der Waals surface area contributed by atoms with E-state index < -0.39 is 11.9 Å². The Bertz CT molecular complexity index is 539. The lowest BCUT2D eigenvalue weighted by Gasteiger charge is -2.01. The molecule has 100 valence electrons. The maximum atomic E-state index is 11.6. The van der Waals surface area contributed by atoms with Gasteiger partial charge in [-0.05, 0) is 18.6 Å². The predicted molar refractivity (Wildman–Crippen MR) is 70.7 cm³/mol. The minimum absolute atomic E-state index is 0.130. The molecule has 0 aliphatic carbocycles. The highest BCUT2D eigenvalue weighted by atomic mass is 32.1. The fraction of sp³-hybridized carbons (Fsp3) is 0.308. The van der Waals surface area contributed by atoms with Gasteiger partial charge in [-0.15, -0.1) is 11.3 Å². The summed E-state index contributed by atoms with van der Waals surface area (Å²) >= 11 is 1.15. The minimum Gasteiger partial charge on any atom is -0.478 e. The number of aromatic carboxylic acids is 1. The van der Waals surface area contributed by atoms with Crippen LogP contribution >= 0.6 is 11.3 Å². The number of carboxylic acid groups (broad SMARTS) is 1. The summed E-state index contributed by atoms with van der Waals surface area (Å²) < 4.78 is 4.92. The third kappa shape index (κ3) is 4.56. The number of nitrogens with zero attached hydrogens (tertiary/aromatic N) is 1. The number of carbonyl (C=O) groups excluding carboxylic acids is 1. The molecule has 0 saturated carbocycles. The molecule has 0 spiro atoms. The Morgan fingerprint density at radius 2 is 2.32 bits per heavy atom. The molecule has 1 rings (SSSR count). The predicted octanol–water partition coefficient (Wildman–Crippen LogP) is 2.70. The standard InChI is InChI=1S/C13H13NO4S/c1-2-3-4-18-13(17)9(7-14)5-11-6-10(8-19-11)12(15)16/h5-6,8H,2-4H2,1H3,(H,15,16). The highest BCUT2D eigenvalue weighted by Gasteiger charge is 2.12. The summed E-state index contributed by atoms with van der Waals surface area (Å²) in [7, 11) is 0. The summed E-state index contributed by atoms with van der Waals surface area (Å²) in [5.74, 6) is -1.72. The molecule has 0 unspecified atom stereocenters. The van der Waals surface area contributed by atoms with Crippen LogP contribution in [0.1, 0.15) is 35.0 Å². The summed E-state index contributed by atoms with van der Waals surface area (Å²) in [5.41, 5.74) is 0.00258. The fourth-order valence-corrected chi connectivity index (χ4v) is 2.02. The molecule has 0 saturated heterocycles. The third-order valence-electron chi connectivity index (χ3n) is 2.22. The Morgan fingerprint density at radius 3 is 2.84 bits per heavy atom. The first-order chi connectivity index (χ1) is 9.08. The number of carboxylic acids is 1. The highest BCUT2D eigenvalue weighted by molar-refractivity contribution is 7.11. The van der Waals surface area contributed by atoms with Crippen LogP contribution in [0.2, 0.25) is 0 Å². The van der Waals surface area contributed by atoms with Gasteiger partial charge in [0.25, 0.3) is 0 Å². The van der Waals surface area contributed by atoms with Crippen LogP contribution in [0.15, 0.2) is 17.0 Å². The molecule has 1 aromatic rings. The number of thiophene rings is 1. The number of rotatable bonds is 6. The average molecular weight is 279 g/mol. The molecule has 0 aliphatic rings. The molecule has 1 N–H and O–H groups in total. The number of ether oxygens (including phenoxy) is 1. The highest BCUT2D eigenvalue weighted by Crippen LogP contribution is 2.18. The van der Waals surface area contributed by atoms with Crippen LogP contribution < -0.4 is 0 Å². The molecule has 0 aliphatic heterocycles. The van der Waals surface area contributed by atoms with E-state index in [4.69, 9.17) is 15.1 Å². The first-order valence-electron chi connectivity index (χ1n) is 5.69. The number of nitriles is 1. The largest absolute Gasteiger partial charge is 0.478 e. The van der Waals surface area contributed by atoms with Crippen LogP contribution in [0.5, 0.6) is 0 Å². The maximum Gasteiger partial charge on any atom is 0.348 e. The van der Waals surface area contributed by atoms with E-state index in [0.29, 0.717) is 4.88 Å². The molecule has 5 nitrogen and oxygen atoms in total. The van der Waals surface area contributed by atoms with Crippen LogP contribution in [-0.2, 0) is 9.53 Å². The quantitative estimate of drug-likeness (QED) is 0.374. The molecule has 6 heteroatoms. The van der Waals surface area contributed by atoms with Crippen molar-refractivity contribution in [2.24, 2.45) is 0 Å². The van der Waals surface area contributed by atoms with Crippen molar-refractivity contribution in [3.05, 3.63) is 27.5 Å². The van der Waals surface area contributed by atoms with Crippen molar-refractivity contribution >= 4 is 29.4 Å². The first kappa shape index (κ1) is 14.9. The average Bonchev–Trinajstić information content (AvgIpc) is 2.84. The first-order valence-corrected chi connectivity index (χ1v) is 6.57. The second-order valence-electron chi connectivity index (χ2n) is 3.70. The van der Waals surface area contributed by atoms with Crippen molar-refractivity contribution in [1.29, 1.82) is 5.26 Å². The van der Waals surface area contributed by atoms with E-state index in [1.165, 1.54) is 17.5 Å². The molecule has 0 bridgehead atoms. The molecular weight excluding hydrogens is 266 g/mol. The van der Waals surface area contributed by atoms with Gasteiger partial charge in [0.05, 0.1) is 12.2 Å². The van der Waals surface area contributed by atoms with E-state index in [0.717, 1.165) is 24.2 Å². The van der Waals surface area contributed by atoms with Gasteiger partial charge in [-0.1, -0.05) is 13.3 Å². The molecule has 0 atom stereocenters. The fourth-order valence-electron chi connectivity index (χ4n) is 1.21. The van der Waals surface area contributed by atoms with Crippen LogP contribution in [0, 0.1) is 11.3 Å². The summed E-state index contributed by atoms with van der Waals surface area (Å²) in [4.78, 5) is 22.8. The molecule has 0 fully saturated rings. The topological polar surface area (TPSA) is 87.4 Å². The van der Waals surface area contributed by atoms with Gasteiger partial charge in [0.1, 0.15) is 11.6 Å². The van der Waals surface area contributed by atoms with Crippen molar-refractivity contribution in [1.82, 2.24) is 0 Å². The summed E-state index contributed by atoms with van der Waals surface area (Å²) in [6.45, 7) is 2.24. The number of hydrogen-bond donors (Lipinski definition) is 1. The Balaban J connectivity index is 2.78. The normalized spacial score (nSPS) is 10.8. The molecule has 19 heavy (non-hydrogen) atoms. The van der Waals surface area contributed by atoms with Crippen LogP contribution in [-0.4, -0.2) is 23.7 Å². The van der Waals surface area contributed by atoms with E-state index in [9.17, 15) is 9.59 Å². The van der Waals surface area contributed by atoms with E-state index in [1.807, 2.05) is 6.92 Å². The van der Waals surface area contributed by atoms with Crippen molar-refractivity contribution in [2.75, 3.05) is 6.61 Å². The minimum atomic E-state index is -1.04. The molecule has 0 amide bonds. The number of carbonyl (C=O) groups is 2. The smallest absolute Gasteiger partial charge is 0.348 e. The maximum absolute atomic E-state index is 11.6. The molecule has 1 heterocycles. The van der Waals surface area contributed by atoms with Crippen LogP contribution in [0.3, 0.4) is 0 Å². The van der Waals surface area contributed by atoms with Crippen molar-refractivity contribution in [3.63, 3.8) is 0 Å². The summed E-state index contributed by atoms with van der Waals surface area (Å²) in [6, 6.07) is 3.17. The zero-order chi connectivity index (χ0) is 14.3. The Kier molecular flexibility index (Phi) is 5.76. The third-order valence-corrected chi connectivity index (χ3v) is 3.10. The molecule has 0 radical (unpaired) electrons. The number of esters is 1. The van der Waals surface area contributed by atoms with E-state index in [1.54, 1.807) is 6.07 Å². The van der Waals surface area contributed by atoms with Gasteiger partial charge >= 0.3 is 11.9 Å². The Labute approximate surface area is 114 Å². The summed E-state index contributed by atoms with van der Waals surface area (Å²) in [5, 5.41) is 19.1. The monoisotopic (exact) mass is 279 g/mol. The Hall–Kier alpha value is -2.13. The summed E-state index contributed by atoms with van der Waals surface area (Å²) in [6.07, 6.45) is 2.98. The molecular formula is C13H13NO4S. The Morgan fingerprint density at radius 1 is 1.58 bits per heavy atom. The lowest BCUT2D eigenvalue weighted by Crippen LogP contribution is -2.07. The zero-order valence-corrected chi connectivity index (χ0v) is 11.2. The zero-order valence-electron chi connectivity index (χ0n) is 10.4. The van der Waals surface area contributed by atoms with Gasteiger partial charge in [0.15, 0.2) is 0 Å². The van der Waals surface area contributed by atoms with Gasteiger partial charge in [-0.25, -0.2) is 9.59 Å². The van der Waals surface area contributed by atoms with Gasteiger partial charge in [-0.2, -0.15) is 5.26 Å². The van der Waals surface area contributed by atoms with Crippen LogP contribution in [0.4, 0.5) is 0 Å². The van der Waals surface area contributed by atoms with E-state index in [2.05, 4.69) is 0 Å². The van der Waals surface area contributed by atoms with Crippen molar-refractivity contribution in [2.45, 2.75) is 19.8 Å². The second-order valence-corrected chi connectivity index (χ2v) is 4.65. The van der Waals surface area contributed by atoms with Crippen molar-refractivity contribution in [3.8, 4) is 6.07 Å². The van der Waals surface area contributed by atoms with Crippen LogP contribution in [0.25, 0.3) is 6.08 Å². The lowest BCUT2D eigenvalue weighted by molar-refractivity contribution is -0.138. The van der Waals surface area contributed by atoms with Gasteiger partial charge < -0.3 is 9.84 Å². The van der Waals surface area contributed by atoms with Crippen molar-refractivity contribution < 1.29 is 19.4 Å². The number of hydrogen-bond acceptors (Lipinski definition) is 5. The van der Waals surface area contributed by atoms with Gasteiger partial charge in [0, 0.05) is 10.3 Å².